The summed E-state index contributed by atoms with van der Waals surface area (Å²) in [5, 5.41) is 10.3. The minimum atomic E-state index is -0.519. The molecule has 1 heterocycles. The number of hydrogen-bond donors (Lipinski definition) is 2. The maximum atomic E-state index is 13.7. The van der Waals surface area contributed by atoms with E-state index in [9.17, 15) is 9.59 Å². The van der Waals surface area contributed by atoms with Crippen molar-refractivity contribution >= 4 is 56.5 Å². The zero-order chi connectivity index (χ0) is 28.7. The summed E-state index contributed by atoms with van der Waals surface area (Å²) in [4.78, 5) is 31.9. The molecule has 206 valence electrons. The van der Waals surface area contributed by atoms with Crippen molar-refractivity contribution in [1.29, 1.82) is 0 Å². The van der Waals surface area contributed by atoms with Gasteiger partial charge in [0.2, 0.25) is 11.8 Å². The number of amides is 2. The number of rotatable bonds is 9. The van der Waals surface area contributed by atoms with Crippen molar-refractivity contribution < 1.29 is 9.59 Å². The first-order valence-electron chi connectivity index (χ1n) is 13.5. The van der Waals surface area contributed by atoms with Gasteiger partial charge in [-0.2, -0.15) is 0 Å². The Hall–Kier alpha value is -4.72. The van der Waals surface area contributed by atoms with Crippen molar-refractivity contribution in [3.8, 4) is 11.3 Å². The molecule has 0 radical (unpaired) electrons. The van der Waals surface area contributed by atoms with Crippen LogP contribution in [0.4, 0.5) is 10.8 Å². The predicted octanol–water partition coefficient (Wildman–Crippen LogP) is 8.62. The quantitative estimate of drug-likeness (QED) is 0.167. The molecule has 1 atom stereocenters. The van der Waals surface area contributed by atoms with Crippen molar-refractivity contribution in [1.82, 2.24) is 4.98 Å². The van der Waals surface area contributed by atoms with E-state index in [0.29, 0.717) is 17.2 Å². The third kappa shape index (κ3) is 6.77. The molecule has 0 fully saturated rings. The largest absolute Gasteiger partial charge is 0.326 e. The highest BCUT2D eigenvalue weighted by Gasteiger charge is 2.23. The molecule has 5 nitrogen and oxygen atoms in total. The Labute approximate surface area is 252 Å². The SMILES string of the molecule is O=C(Cc1ccccc1)Nc1cccc(SC(C(=O)Nc2nc(-c3ccc4ccccc4c3)cs2)c2ccccc2)c1. The van der Waals surface area contributed by atoms with Gasteiger partial charge >= 0.3 is 0 Å². The molecule has 5 aromatic carbocycles. The molecule has 0 aliphatic carbocycles. The summed E-state index contributed by atoms with van der Waals surface area (Å²) in [7, 11) is 0. The highest BCUT2D eigenvalue weighted by Crippen LogP contribution is 2.38. The second-order valence-corrected chi connectivity index (χ2v) is 11.8. The van der Waals surface area contributed by atoms with Gasteiger partial charge in [0.05, 0.1) is 12.1 Å². The molecule has 6 aromatic rings. The van der Waals surface area contributed by atoms with Crippen LogP contribution in [0.15, 0.2) is 138 Å². The number of benzene rings is 5. The molecule has 0 saturated carbocycles. The van der Waals surface area contributed by atoms with Crippen molar-refractivity contribution in [2.24, 2.45) is 0 Å². The Bertz CT molecular complexity index is 1840. The third-order valence-corrected chi connectivity index (χ3v) is 8.70. The minimum Gasteiger partial charge on any atom is -0.326 e. The Balaban J connectivity index is 1.18. The molecule has 7 heteroatoms. The number of aromatic nitrogens is 1. The van der Waals surface area contributed by atoms with E-state index in [1.54, 1.807) is 0 Å². The Morgan fingerprint density at radius 3 is 2.29 bits per heavy atom. The fourth-order valence-electron chi connectivity index (χ4n) is 4.65. The molecule has 0 bridgehead atoms. The van der Waals surface area contributed by atoms with E-state index in [4.69, 9.17) is 4.98 Å². The van der Waals surface area contributed by atoms with Gasteiger partial charge in [-0.15, -0.1) is 23.1 Å². The molecule has 0 spiro atoms. The van der Waals surface area contributed by atoms with Crippen LogP contribution in [0, 0.1) is 0 Å². The number of anilines is 2. The fraction of sp³-hybridized carbons (Fsp3) is 0.0571. The van der Waals surface area contributed by atoms with E-state index in [2.05, 4.69) is 41.0 Å². The first-order valence-corrected chi connectivity index (χ1v) is 15.3. The van der Waals surface area contributed by atoms with Gasteiger partial charge in [-0.3, -0.25) is 9.59 Å². The Kier molecular flexibility index (Phi) is 8.40. The number of nitrogens with zero attached hydrogens (tertiary/aromatic N) is 1. The normalized spacial score (nSPS) is 11.6. The van der Waals surface area contributed by atoms with Gasteiger partial charge in [-0.05, 0) is 46.2 Å². The second-order valence-electron chi connectivity index (χ2n) is 9.74. The average Bonchev–Trinajstić information content (AvgIpc) is 3.49. The molecule has 1 unspecified atom stereocenters. The van der Waals surface area contributed by atoms with Gasteiger partial charge < -0.3 is 10.6 Å². The van der Waals surface area contributed by atoms with E-state index >= 15 is 0 Å². The van der Waals surface area contributed by atoms with E-state index < -0.39 is 5.25 Å². The topological polar surface area (TPSA) is 71.1 Å². The van der Waals surface area contributed by atoms with Crippen molar-refractivity contribution in [3.63, 3.8) is 0 Å². The summed E-state index contributed by atoms with van der Waals surface area (Å²) in [5.41, 5.74) is 4.35. The summed E-state index contributed by atoms with van der Waals surface area (Å²) in [6.45, 7) is 0. The van der Waals surface area contributed by atoms with Gasteiger partial charge in [0.1, 0.15) is 5.25 Å². The summed E-state index contributed by atoms with van der Waals surface area (Å²) in [6, 6.07) is 41.4. The number of nitrogens with one attached hydrogen (secondary N) is 2. The first-order chi connectivity index (χ1) is 20.6. The Morgan fingerprint density at radius 2 is 1.48 bits per heavy atom. The molecular weight excluding hydrogens is 559 g/mol. The zero-order valence-electron chi connectivity index (χ0n) is 22.6. The number of hydrogen-bond acceptors (Lipinski definition) is 5. The molecule has 0 aliphatic heterocycles. The van der Waals surface area contributed by atoms with Crippen LogP contribution in [0.3, 0.4) is 0 Å². The molecule has 2 N–H and O–H groups in total. The van der Waals surface area contributed by atoms with Crippen molar-refractivity contribution in [2.45, 2.75) is 16.6 Å². The van der Waals surface area contributed by atoms with Crippen LogP contribution in [0.1, 0.15) is 16.4 Å². The summed E-state index contributed by atoms with van der Waals surface area (Å²) in [6.07, 6.45) is 0.294. The molecule has 0 aliphatic rings. The maximum Gasteiger partial charge on any atom is 0.244 e. The standard InChI is InChI=1S/C35H27N3O2S2/c39-32(20-24-10-3-1-4-11-24)36-29-16-9-17-30(22-29)42-33(26-13-5-2-6-14-26)34(40)38-35-37-31(23-41-35)28-19-18-25-12-7-8-15-27(25)21-28/h1-19,21-23,33H,20H2,(H,36,39)(H,37,38,40). The highest BCUT2D eigenvalue weighted by atomic mass is 32.2. The first kappa shape index (κ1) is 27.4. The van der Waals surface area contributed by atoms with Crippen LogP contribution in [-0.4, -0.2) is 16.8 Å². The van der Waals surface area contributed by atoms with Crippen LogP contribution in [0.2, 0.25) is 0 Å². The molecule has 0 saturated heterocycles. The van der Waals surface area contributed by atoms with Crippen LogP contribution >= 0.6 is 23.1 Å². The van der Waals surface area contributed by atoms with E-state index in [1.165, 1.54) is 28.5 Å². The second kappa shape index (κ2) is 12.9. The molecule has 6 rings (SSSR count). The molecule has 42 heavy (non-hydrogen) atoms. The lowest BCUT2D eigenvalue weighted by atomic mass is 10.1. The fourth-order valence-corrected chi connectivity index (χ4v) is 6.46. The van der Waals surface area contributed by atoms with E-state index in [-0.39, 0.29) is 11.8 Å². The van der Waals surface area contributed by atoms with Crippen LogP contribution in [0.5, 0.6) is 0 Å². The van der Waals surface area contributed by atoms with Gasteiger partial charge in [0.25, 0.3) is 0 Å². The van der Waals surface area contributed by atoms with Gasteiger partial charge in [0, 0.05) is 21.5 Å². The number of thiazole rings is 1. The Morgan fingerprint density at radius 1 is 0.738 bits per heavy atom. The highest BCUT2D eigenvalue weighted by molar-refractivity contribution is 8.00. The predicted molar refractivity (Wildman–Crippen MR) is 174 cm³/mol. The minimum absolute atomic E-state index is 0.0910. The number of carbonyl (C=O) groups excluding carboxylic acids is 2. The summed E-state index contributed by atoms with van der Waals surface area (Å²) in [5.74, 6) is -0.254. The summed E-state index contributed by atoms with van der Waals surface area (Å²) < 4.78 is 0. The van der Waals surface area contributed by atoms with Crippen LogP contribution in [-0.2, 0) is 16.0 Å². The third-order valence-electron chi connectivity index (χ3n) is 6.70. The molecular formula is C35H27N3O2S2. The van der Waals surface area contributed by atoms with Crippen molar-refractivity contribution in [3.05, 3.63) is 144 Å². The lowest BCUT2D eigenvalue weighted by Gasteiger charge is -2.17. The lowest BCUT2D eigenvalue weighted by molar-refractivity contribution is -0.116. The average molecular weight is 586 g/mol. The lowest BCUT2D eigenvalue weighted by Crippen LogP contribution is -2.19. The van der Waals surface area contributed by atoms with Gasteiger partial charge in [-0.1, -0.05) is 103 Å². The molecule has 2 amide bonds. The van der Waals surface area contributed by atoms with Crippen LogP contribution in [0.25, 0.3) is 22.0 Å². The van der Waals surface area contributed by atoms with E-state index in [1.807, 2.05) is 102 Å². The smallest absolute Gasteiger partial charge is 0.244 e. The maximum absolute atomic E-state index is 13.7. The van der Waals surface area contributed by atoms with Crippen LogP contribution < -0.4 is 10.6 Å². The monoisotopic (exact) mass is 585 g/mol. The molecule has 1 aromatic heterocycles. The van der Waals surface area contributed by atoms with Crippen molar-refractivity contribution in [2.75, 3.05) is 10.6 Å². The van der Waals surface area contributed by atoms with Gasteiger partial charge in [-0.25, -0.2) is 4.98 Å². The number of carbonyl (C=O) groups is 2. The summed E-state index contributed by atoms with van der Waals surface area (Å²) >= 11 is 2.84. The number of thioether (sulfide) groups is 1. The van der Waals surface area contributed by atoms with Gasteiger partial charge in [0.15, 0.2) is 5.13 Å². The zero-order valence-corrected chi connectivity index (χ0v) is 24.2. The number of fused-ring (bicyclic) bond motifs is 1. The van der Waals surface area contributed by atoms with E-state index in [0.717, 1.165) is 32.7 Å².